The van der Waals surface area contributed by atoms with Gasteiger partial charge in [-0.05, 0) is 29.7 Å². The Balaban J connectivity index is 2.52. The summed E-state index contributed by atoms with van der Waals surface area (Å²) in [6, 6.07) is 2.39. The number of rotatable bonds is 3. The van der Waals surface area contributed by atoms with Crippen molar-refractivity contribution in [1.29, 1.82) is 0 Å². The largest absolute Gasteiger partial charge is 0.416 e. The van der Waals surface area contributed by atoms with Gasteiger partial charge in [-0.2, -0.15) is 13.2 Å². The Bertz CT molecular complexity index is 599. The van der Waals surface area contributed by atoms with Crippen LogP contribution in [0.25, 0.3) is 0 Å². The van der Waals surface area contributed by atoms with Crippen LogP contribution in [0.2, 0.25) is 0 Å². The molecule has 0 bridgehead atoms. The smallest absolute Gasteiger partial charge is 0.384 e. The van der Waals surface area contributed by atoms with Gasteiger partial charge in [0.2, 0.25) is 0 Å². The van der Waals surface area contributed by atoms with Gasteiger partial charge in [-0.15, -0.1) is 0 Å². The number of aliphatic hydroxyl groups is 1. The molecule has 0 fully saturated rings. The van der Waals surface area contributed by atoms with Gasteiger partial charge in [0.15, 0.2) is 0 Å². The molecule has 2 aromatic rings. The van der Waals surface area contributed by atoms with Gasteiger partial charge >= 0.3 is 6.18 Å². The molecule has 3 nitrogen and oxygen atoms in total. The highest BCUT2D eigenvalue weighted by Crippen LogP contribution is 2.36. The number of pyridine rings is 2. The molecule has 1 atom stereocenters. The van der Waals surface area contributed by atoms with Crippen molar-refractivity contribution >= 4 is 0 Å². The molecule has 0 spiro atoms. The quantitative estimate of drug-likeness (QED) is 0.940. The molecule has 1 N–H and O–H groups in total. The van der Waals surface area contributed by atoms with Gasteiger partial charge < -0.3 is 5.11 Å². The number of nitrogens with zero attached hydrogens (tertiary/aromatic N) is 2. The van der Waals surface area contributed by atoms with Gasteiger partial charge in [0.05, 0.1) is 5.56 Å². The Morgan fingerprint density at radius 3 is 2.40 bits per heavy atom. The predicted octanol–water partition coefficient (Wildman–Crippen LogP) is 3.14. The lowest BCUT2D eigenvalue weighted by Crippen LogP contribution is -2.14. The van der Waals surface area contributed by atoms with E-state index in [1.807, 2.05) is 6.92 Å². The summed E-state index contributed by atoms with van der Waals surface area (Å²) in [5, 5.41) is 10.3. The van der Waals surface area contributed by atoms with Gasteiger partial charge in [0, 0.05) is 30.4 Å². The molecule has 0 aliphatic heterocycles. The third kappa shape index (κ3) is 2.80. The summed E-state index contributed by atoms with van der Waals surface area (Å²) in [6.45, 7) is 1.85. The van der Waals surface area contributed by atoms with E-state index in [2.05, 4.69) is 9.97 Å². The van der Waals surface area contributed by atoms with Gasteiger partial charge in [0.25, 0.3) is 0 Å². The third-order valence-electron chi connectivity index (χ3n) is 3.07. The van der Waals surface area contributed by atoms with Crippen molar-refractivity contribution in [3.8, 4) is 0 Å². The lowest BCUT2D eigenvalue weighted by atomic mass is 9.95. The van der Waals surface area contributed by atoms with E-state index < -0.39 is 17.8 Å². The maximum Gasteiger partial charge on any atom is 0.416 e. The summed E-state index contributed by atoms with van der Waals surface area (Å²) >= 11 is 0. The zero-order valence-corrected chi connectivity index (χ0v) is 10.7. The van der Waals surface area contributed by atoms with E-state index in [0.717, 1.165) is 18.5 Å². The monoisotopic (exact) mass is 282 g/mol. The summed E-state index contributed by atoms with van der Waals surface area (Å²) < 4.78 is 38.9. The lowest BCUT2D eigenvalue weighted by Gasteiger charge is -2.19. The van der Waals surface area contributed by atoms with E-state index in [1.165, 1.54) is 12.3 Å². The van der Waals surface area contributed by atoms with E-state index in [1.54, 1.807) is 6.20 Å². The van der Waals surface area contributed by atoms with Crippen molar-refractivity contribution in [1.82, 2.24) is 9.97 Å². The number of alkyl halides is 3. The van der Waals surface area contributed by atoms with Crippen LogP contribution in [0.4, 0.5) is 13.2 Å². The van der Waals surface area contributed by atoms with Gasteiger partial charge in [-0.1, -0.05) is 6.92 Å². The first-order valence-electron chi connectivity index (χ1n) is 6.07. The van der Waals surface area contributed by atoms with Crippen LogP contribution in [0, 0.1) is 0 Å². The maximum atomic E-state index is 13.0. The molecule has 2 rings (SSSR count). The molecule has 6 heteroatoms. The highest BCUT2D eigenvalue weighted by atomic mass is 19.4. The first-order chi connectivity index (χ1) is 9.45. The molecule has 0 saturated carbocycles. The number of aromatic nitrogens is 2. The molecule has 0 aliphatic carbocycles. The minimum Gasteiger partial charge on any atom is -0.384 e. The van der Waals surface area contributed by atoms with Crippen molar-refractivity contribution in [3.05, 3.63) is 59.2 Å². The summed E-state index contributed by atoms with van der Waals surface area (Å²) in [5.41, 5.74) is -0.00209. The molecule has 0 amide bonds. The molecule has 106 valence electrons. The van der Waals surface area contributed by atoms with Gasteiger partial charge in [0.1, 0.15) is 6.10 Å². The van der Waals surface area contributed by atoms with Crippen molar-refractivity contribution in [3.63, 3.8) is 0 Å². The van der Waals surface area contributed by atoms with E-state index in [-0.39, 0.29) is 5.56 Å². The fraction of sp³-hybridized carbons (Fsp3) is 0.286. The van der Waals surface area contributed by atoms with E-state index in [0.29, 0.717) is 17.5 Å². The zero-order valence-electron chi connectivity index (χ0n) is 10.7. The second kappa shape index (κ2) is 5.58. The van der Waals surface area contributed by atoms with Crippen LogP contribution in [-0.4, -0.2) is 15.1 Å². The highest BCUT2D eigenvalue weighted by molar-refractivity contribution is 5.38. The van der Waals surface area contributed by atoms with Crippen LogP contribution < -0.4 is 0 Å². The van der Waals surface area contributed by atoms with Gasteiger partial charge in [-0.3, -0.25) is 9.97 Å². The summed E-state index contributed by atoms with van der Waals surface area (Å²) in [4.78, 5) is 7.60. The second-order valence-electron chi connectivity index (χ2n) is 4.29. The Labute approximate surface area is 114 Å². The molecular weight excluding hydrogens is 269 g/mol. The Kier molecular flexibility index (Phi) is 4.04. The summed E-state index contributed by atoms with van der Waals surface area (Å²) in [6.07, 6.45) is -0.234. The molecule has 0 radical (unpaired) electrons. The number of aryl methyl sites for hydroxylation is 1. The molecular formula is C14H13F3N2O. The first kappa shape index (κ1) is 14.5. The third-order valence-corrected chi connectivity index (χ3v) is 3.07. The molecule has 2 heterocycles. The number of halogens is 3. The molecule has 0 saturated heterocycles. The van der Waals surface area contributed by atoms with Crippen LogP contribution in [0.15, 0.2) is 36.9 Å². The zero-order chi connectivity index (χ0) is 14.8. The van der Waals surface area contributed by atoms with Crippen molar-refractivity contribution in [2.45, 2.75) is 25.6 Å². The molecule has 2 aromatic heterocycles. The first-order valence-corrected chi connectivity index (χ1v) is 6.07. The fourth-order valence-corrected chi connectivity index (χ4v) is 2.05. The standard InChI is InChI=1S/C14H13F3N2O/c1-2-9-7-18-5-3-10(9)13(20)11-8-19-6-4-12(11)14(15,16)17/h3-8,13,20H,2H2,1H3. The summed E-state index contributed by atoms with van der Waals surface area (Å²) in [7, 11) is 0. The number of hydrogen-bond donors (Lipinski definition) is 1. The van der Waals surface area contributed by atoms with E-state index >= 15 is 0 Å². The fourth-order valence-electron chi connectivity index (χ4n) is 2.05. The van der Waals surface area contributed by atoms with Crippen LogP contribution in [-0.2, 0) is 12.6 Å². The van der Waals surface area contributed by atoms with Crippen molar-refractivity contribution < 1.29 is 18.3 Å². The lowest BCUT2D eigenvalue weighted by molar-refractivity contribution is -0.139. The SMILES string of the molecule is CCc1cnccc1C(O)c1cnccc1C(F)(F)F. The molecule has 0 aliphatic rings. The minimum atomic E-state index is -4.53. The topological polar surface area (TPSA) is 46.0 Å². The van der Waals surface area contributed by atoms with Crippen LogP contribution >= 0.6 is 0 Å². The maximum absolute atomic E-state index is 13.0. The highest BCUT2D eigenvalue weighted by Gasteiger charge is 2.35. The Morgan fingerprint density at radius 1 is 1.10 bits per heavy atom. The van der Waals surface area contributed by atoms with Gasteiger partial charge in [-0.25, -0.2) is 0 Å². The average Bonchev–Trinajstić information content (AvgIpc) is 2.45. The minimum absolute atomic E-state index is 0.249. The Hall–Kier alpha value is -1.95. The average molecular weight is 282 g/mol. The molecule has 1 unspecified atom stereocenters. The Morgan fingerprint density at radius 2 is 1.75 bits per heavy atom. The van der Waals surface area contributed by atoms with E-state index in [4.69, 9.17) is 0 Å². The number of aliphatic hydroxyl groups excluding tert-OH is 1. The normalized spacial score (nSPS) is 13.2. The van der Waals surface area contributed by atoms with E-state index in [9.17, 15) is 18.3 Å². The number of hydrogen-bond acceptors (Lipinski definition) is 3. The van der Waals surface area contributed by atoms with Crippen LogP contribution in [0.3, 0.4) is 0 Å². The van der Waals surface area contributed by atoms with Crippen LogP contribution in [0.1, 0.15) is 35.3 Å². The van der Waals surface area contributed by atoms with Crippen molar-refractivity contribution in [2.75, 3.05) is 0 Å². The predicted molar refractivity (Wildman–Crippen MR) is 66.9 cm³/mol. The van der Waals surface area contributed by atoms with Crippen molar-refractivity contribution in [2.24, 2.45) is 0 Å². The summed E-state index contributed by atoms with van der Waals surface area (Å²) in [5.74, 6) is 0. The van der Waals surface area contributed by atoms with Crippen LogP contribution in [0.5, 0.6) is 0 Å². The molecule has 20 heavy (non-hydrogen) atoms. The second-order valence-corrected chi connectivity index (χ2v) is 4.29. The molecule has 0 aromatic carbocycles.